The largest absolute Gasteiger partial charge is 0.491 e. The first-order valence-electron chi connectivity index (χ1n) is 10.3. The van der Waals surface area contributed by atoms with Crippen LogP contribution < -0.4 is 21.0 Å². The zero-order valence-electron chi connectivity index (χ0n) is 18.9. The number of ether oxygens (including phenoxy) is 1. The molecule has 0 atom stereocenters. The number of hydrogen-bond donors (Lipinski definition) is 1. The molecule has 2 aromatic carbocycles. The Labute approximate surface area is 204 Å². The topological polar surface area (TPSA) is 81.8 Å². The zero-order chi connectivity index (χ0) is 25.5. The van der Waals surface area contributed by atoms with Gasteiger partial charge in [-0.15, -0.1) is 11.6 Å². The molecule has 0 aliphatic rings. The Morgan fingerprint density at radius 3 is 2.09 bits per heavy atom. The first-order valence-corrected chi connectivity index (χ1v) is 11.1. The van der Waals surface area contributed by atoms with E-state index in [2.05, 4.69) is 16.9 Å². The minimum Gasteiger partial charge on any atom is -0.491 e. The van der Waals surface area contributed by atoms with Crippen LogP contribution in [-0.4, -0.2) is 28.4 Å². The second kappa shape index (κ2) is 11.4. The van der Waals surface area contributed by atoms with Gasteiger partial charge in [0.05, 0.1) is 13.7 Å². The van der Waals surface area contributed by atoms with Crippen LogP contribution in [0.3, 0.4) is 0 Å². The molecule has 0 saturated heterocycles. The molecular weight excluding hydrogens is 480 g/mol. The number of halogens is 3. The van der Waals surface area contributed by atoms with E-state index in [9.17, 15) is 23.2 Å². The summed E-state index contributed by atoms with van der Waals surface area (Å²) in [5, 5.41) is 2.61. The Kier molecular flexibility index (Phi) is 8.38. The van der Waals surface area contributed by atoms with Crippen molar-refractivity contribution in [3.8, 4) is 5.75 Å². The van der Waals surface area contributed by atoms with E-state index in [1.165, 1.54) is 77.4 Å². The van der Waals surface area contributed by atoms with Gasteiger partial charge in [0, 0.05) is 31.5 Å². The third kappa shape index (κ3) is 5.75. The quantitative estimate of drug-likeness (QED) is 0.409. The summed E-state index contributed by atoms with van der Waals surface area (Å²) in [6.45, 7) is 0.246. The normalized spacial score (nSPS) is 10.4. The highest BCUT2D eigenvalue weighted by Gasteiger charge is 2.20. The molecule has 0 radical (unpaired) electrons. The molecule has 0 bridgehead atoms. The van der Waals surface area contributed by atoms with E-state index in [0.29, 0.717) is 11.1 Å². The Morgan fingerprint density at radius 2 is 1.51 bits per heavy atom. The maximum Gasteiger partial charge on any atom is 0.279 e. The van der Waals surface area contributed by atoms with E-state index < -0.39 is 22.7 Å². The highest BCUT2D eigenvalue weighted by molar-refractivity contribution is 6.15. The van der Waals surface area contributed by atoms with Crippen LogP contribution in [0.5, 0.6) is 5.75 Å². The number of nitrogens with one attached hydrogen (secondary N) is 1. The number of aromatic nitrogens is 2. The number of alkyl halides is 1. The molecule has 35 heavy (non-hydrogen) atoms. The lowest BCUT2D eigenvalue weighted by atomic mass is 10.2. The Balaban J connectivity index is 0.00000167. The molecular formula is C25H22ClF2N3O4. The highest BCUT2D eigenvalue weighted by Crippen LogP contribution is 2.14. The first-order chi connectivity index (χ1) is 16.9. The second-order valence-corrected chi connectivity index (χ2v) is 7.33. The molecule has 0 unspecified atom stereocenters. The van der Waals surface area contributed by atoms with Crippen LogP contribution in [0.15, 0.2) is 76.7 Å². The standard InChI is InChI=1S/C24H19F2N3O4.CH3Cl/c1-33-22-20-24(32)29(13-16-4-8-18(26)9-5-16)11-10-28(20)14-19(21(22)30)23(31)27-12-15-2-6-17(25)7-3-15;1-2/h2-11,14H,12-13H2,1H3,(H,27,31);1H3. The van der Waals surface area contributed by atoms with Crippen molar-refractivity contribution in [2.45, 2.75) is 13.1 Å². The number of benzene rings is 2. The molecule has 0 spiro atoms. The van der Waals surface area contributed by atoms with Crippen molar-refractivity contribution in [3.63, 3.8) is 0 Å². The summed E-state index contributed by atoms with van der Waals surface area (Å²) in [5.41, 5.74) is -0.119. The van der Waals surface area contributed by atoms with Crippen molar-refractivity contribution >= 4 is 23.0 Å². The van der Waals surface area contributed by atoms with Crippen LogP contribution in [0.25, 0.3) is 5.52 Å². The molecule has 1 amide bonds. The van der Waals surface area contributed by atoms with Crippen molar-refractivity contribution in [2.75, 3.05) is 13.5 Å². The second-order valence-electron chi connectivity index (χ2n) is 7.33. The summed E-state index contributed by atoms with van der Waals surface area (Å²) in [4.78, 5) is 38.7. The van der Waals surface area contributed by atoms with Gasteiger partial charge in [0.15, 0.2) is 11.3 Å². The Morgan fingerprint density at radius 1 is 0.943 bits per heavy atom. The fraction of sp³-hybridized carbons (Fsp3) is 0.160. The first kappa shape index (κ1) is 25.6. The average molecular weight is 502 g/mol. The molecule has 0 aliphatic carbocycles. The van der Waals surface area contributed by atoms with Crippen molar-refractivity contribution in [3.05, 3.63) is 116 Å². The Bertz CT molecular complexity index is 1450. The maximum absolute atomic E-state index is 13.2. The average Bonchev–Trinajstić information content (AvgIpc) is 2.87. The summed E-state index contributed by atoms with van der Waals surface area (Å²) in [6.07, 6.45) is 5.77. The lowest BCUT2D eigenvalue weighted by Gasteiger charge is -2.13. The molecule has 7 nitrogen and oxygen atoms in total. The molecule has 10 heteroatoms. The number of methoxy groups -OCH3 is 1. The van der Waals surface area contributed by atoms with Gasteiger partial charge in [0.2, 0.25) is 5.43 Å². The van der Waals surface area contributed by atoms with E-state index in [4.69, 9.17) is 4.74 Å². The minimum atomic E-state index is -0.731. The monoisotopic (exact) mass is 501 g/mol. The van der Waals surface area contributed by atoms with Crippen LogP contribution in [0, 0.1) is 11.6 Å². The third-order valence-electron chi connectivity index (χ3n) is 5.14. The van der Waals surface area contributed by atoms with Crippen molar-refractivity contribution in [1.82, 2.24) is 14.3 Å². The van der Waals surface area contributed by atoms with Crippen molar-refractivity contribution in [2.24, 2.45) is 0 Å². The van der Waals surface area contributed by atoms with Crippen LogP contribution >= 0.6 is 11.6 Å². The minimum absolute atomic E-state index is 0.0257. The SMILES string of the molecule is CCl.COc1c(=O)c(C(=O)NCc2ccc(F)cc2)cn2ccn(Cc3ccc(F)cc3)c(=O)c12. The zero-order valence-corrected chi connectivity index (χ0v) is 19.7. The molecule has 1 N–H and O–H groups in total. The number of hydrogen-bond acceptors (Lipinski definition) is 4. The molecule has 4 aromatic rings. The fourth-order valence-corrected chi connectivity index (χ4v) is 3.43. The van der Waals surface area contributed by atoms with E-state index in [1.807, 2.05) is 0 Å². The van der Waals surface area contributed by atoms with Gasteiger partial charge in [-0.25, -0.2) is 8.78 Å². The maximum atomic E-state index is 13.2. The molecule has 2 aromatic heterocycles. The molecule has 2 heterocycles. The molecule has 0 saturated carbocycles. The summed E-state index contributed by atoms with van der Waals surface area (Å²) >= 11 is 4.64. The number of carbonyl (C=O) groups is 1. The number of fused-ring (bicyclic) bond motifs is 1. The van der Waals surface area contributed by atoms with Gasteiger partial charge in [-0.2, -0.15) is 0 Å². The number of nitrogens with zero attached hydrogens (tertiary/aromatic N) is 2. The summed E-state index contributed by atoms with van der Waals surface area (Å²) in [6, 6.07) is 11.3. The van der Waals surface area contributed by atoms with Crippen LogP contribution in [-0.2, 0) is 13.1 Å². The van der Waals surface area contributed by atoms with E-state index in [0.717, 1.165) is 0 Å². The summed E-state index contributed by atoms with van der Waals surface area (Å²) in [5.74, 6) is -1.70. The highest BCUT2D eigenvalue weighted by atomic mass is 35.5. The van der Waals surface area contributed by atoms with Crippen LogP contribution in [0.1, 0.15) is 21.5 Å². The molecule has 0 fully saturated rings. The lowest BCUT2D eigenvalue weighted by Crippen LogP contribution is -2.31. The molecule has 4 rings (SSSR count). The van der Waals surface area contributed by atoms with Crippen molar-refractivity contribution < 1.29 is 18.3 Å². The van der Waals surface area contributed by atoms with Gasteiger partial charge >= 0.3 is 0 Å². The van der Waals surface area contributed by atoms with Gasteiger partial charge < -0.3 is 19.0 Å². The van der Waals surface area contributed by atoms with Gasteiger partial charge in [0.25, 0.3) is 11.5 Å². The molecule has 0 aliphatic heterocycles. The van der Waals surface area contributed by atoms with Crippen LogP contribution in [0.4, 0.5) is 8.78 Å². The van der Waals surface area contributed by atoms with Gasteiger partial charge in [0.1, 0.15) is 17.2 Å². The Hall–Kier alpha value is -3.98. The predicted octanol–water partition coefficient (Wildman–Crippen LogP) is 3.58. The molecule has 182 valence electrons. The third-order valence-corrected chi connectivity index (χ3v) is 5.14. The smallest absolute Gasteiger partial charge is 0.279 e. The summed E-state index contributed by atoms with van der Waals surface area (Å²) in [7, 11) is 1.24. The fourth-order valence-electron chi connectivity index (χ4n) is 3.43. The van der Waals surface area contributed by atoms with Crippen LogP contribution in [0.2, 0.25) is 0 Å². The number of carbonyl (C=O) groups excluding carboxylic acids is 1. The number of amides is 1. The van der Waals surface area contributed by atoms with E-state index in [1.54, 1.807) is 12.1 Å². The van der Waals surface area contributed by atoms with Gasteiger partial charge in [-0.3, -0.25) is 14.4 Å². The van der Waals surface area contributed by atoms with Gasteiger partial charge in [-0.1, -0.05) is 24.3 Å². The number of pyridine rings is 1. The van der Waals surface area contributed by atoms with E-state index in [-0.39, 0.29) is 35.7 Å². The summed E-state index contributed by atoms with van der Waals surface area (Å²) < 4.78 is 34.1. The predicted molar refractivity (Wildman–Crippen MR) is 129 cm³/mol. The lowest BCUT2D eigenvalue weighted by molar-refractivity contribution is 0.0949. The van der Waals surface area contributed by atoms with Gasteiger partial charge in [-0.05, 0) is 35.4 Å². The number of rotatable bonds is 6. The van der Waals surface area contributed by atoms with E-state index >= 15 is 0 Å². The van der Waals surface area contributed by atoms with Crippen molar-refractivity contribution in [1.29, 1.82) is 0 Å².